The van der Waals surface area contributed by atoms with Crippen LogP contribution in [0.5, 0.6) is 0 Å². The lowest BCUT2D eigenvalue weighted by molar-refractivity contribution is 0.0992. The number of hydrogen-bond donors (Lipinski definition) is 1. The molecule has 0 bridgehead atoms. The number of halogens is 3. The minimum Gasteiger partial charge on any atom is -0.398 e. The lowest BCUT2D eigenvalue weighted by atomic mass is 10.0. The number of hydrogen-bond acceptors (Lipinski definition) is 2. The molecule has 0 saturated carbocycles. The van der Waals surface area contributed by atoms with E-state index in [9.17, 15) is 13.6 Å². The molecule has 0 aliphatic carbocycles. The summed E-state index contributed by atoms with van der Waals surface area (Å²) in [5.74, 6) is -1.53. The van der Waals surface area contributed by atoms with E-state index in [1.165, 1.54) is 0 Å². The number of benzene rings is 2. The number of rotatable bonds is 3. The molecule has 0 aliphatic heterocycles. The van der Waals surface area contributed by atoms with Crippen molar-refractivity contribution < 1.29 is 13.6 Å². The van der Waals surface area contributed by atoms with Crippen LogP contribution >= 0.6 is 15.9 Å². The van der Waals surface area contributed by atoms with Crippen LogP contribution < -0.4 is 5.73 Å². The maximum Gasteiger partial charge on any atom is 0.169 e. The van der Waals surface area contributed by atoms with Crippen LogP contribution in [0.3, 0.4) is 0 Å². The van der Waals surface area contributed by atoms with Gasteiger partial charge in [-0.05, 0) is 42.0 Å². The highest BCUT2D eigenvalue weighted by molar-refractivity contribution is 9.10. The normalized spacial score (nSPS) is 10.5. The first-order chi connectivity index (χ1) is 8.97. The third-order valence-corrected chi connectivity index (χ3v) is 3.17. The van der Waals surface area contributed by atoms with Crippen molar-refractivity contribution in [2.45, 2.75) is 6.42 Å². The van der Waals surface area contributed by atoms with Crippen molar-refractivity contribution in [1.29, 1.82) is 0 Å². The molecule has 0 amide bonds. The molecule has 5 heteroatoms. The van der Waals surface area contributed by atoms with E-state index in [2.05, 4.69) is 15.9 Å². The predicted octanol–water partition coefficient (Wildman–Crippen LogP) is 3.73. The van der Waals surface area contributed by atoms with Crippen molar-refractivity contribution >= 4 is 27.4 Å². The molecule has 19 heavy (non-hydrogen) atoms. The number of nitrogen functional groups attached to an aromatic ring is 1. The maximum absolute atomic E-state index is 13.5. The molecule has 2 rings (SSSR count). The van der Waals surface area contributed by atoms with Crippen molar-refractivity contribution in [3.8, 4) is 0 Å². The molecule has 0 unspecified atom stereocenters. The minimum atomic E-state index is -0.606. The average molecular weight is 326 g/mol. The van der Waals surface area contributed by atoms with Gasteiger partial charge >= 0.3 is 0 Å². The Bertz CT molecular complexity index is 643. The van der Waals surface area contributed by atoms with Gasteiger partial charge in [0.2, 0.25) is 0 Å². The van der Waals surface area contributed by atoms with Crippen LogP contribution in [0.2, 0.25) is 0 Å². The second-order valence-corrected chi connectivity index (χ2v) is 4.98. The average Bonchev–Trinajstić information content (AvgIpc) is 2.33. The second-order valence-electron chi connectivity index (χ2n) is 4.07. The summed E-state index contributed by atoms with van der Waals surface area (Å²) >= 11 is 3.23. The molecular formula is C14H10BrF2NO. The zero-order valence-electron chi connectivity index (χ0n) is 9.79. The number of nitrogens with two attached hydrogens (primary N) is 1. The van der Waals surface area contributed by atoms with Gasteiger partial charge in [-0.15, -0.1) is 0 Å². The lowest BCUT2D eigenvalue weighted by Crippen LogP contribution is -2.08. The van der Waals surface area contributed by atoms with Crippen molar-refractivity contribution in [1.82, 2.24) is 0 Å². The Hall–Kier alpha value is -1.75. The third kappa shape index (κ3) is 3.17. The number of Topliss-reactive ketones (excluding diaryl/α,β-unsaturated/α-hetero) is 1. The van der Waals surface area contributed by atoms with Gasteiger partial charge in [0.1, 0.15) is 11.6 Å². The van der Waals surface area contributed by atoms with E-state index in [4.69, 9.17) is 5.73 Å². The smallest absolute Gasteiger partial charge is 0.169 e. The summed E-state index contributed by atoms with van der Waals surface area (Å²) in [4.78, 5) is 12.0. The number of carbonyl (C=O) groups is 1. The van der Waals surface area contributed by atoms with Crippen LogP contribution in [0, 0.1) is 11.6 Å². The van der Waals surface area contributed by atoms with Gasteiger partial charge in [-0.1, -0.05) is 15.9 Å². The molecule has 0 saturated heterocycles. The molecule has 2 aromatic carbocycles. The summed E-state index contributed by atoms with van der Waals surface area (Å²) in [6.07, 6.45) is -0.227. The molecule has 2 aromatic rings. The highest BCUT2D eigenvalue weighted by atomic mass is 79.9. The summed E-state index contributed by atoms with van der Waals surface area (Å²) in [5.41, 5.74) is 6.35. The lowest BCUT2D eigenvalue weighted by Gasteiger charge is -2.06. The molecule has 0 aliphatic rings. The van der Waals surface area contributed by atoms with Crippen molar-refractivity contribution in [3.05, 3.63) is 63.6 Å². The van der Waals surface area contributed by atoms with Crippen LogP contribution in [0.1, 0.15) is 15.9 Å². The molecule has 0 atom stereocenters. The largest absolute Gasteiger partial charge is 0.398 e. The molecule has 0 heterocycles. The molecule has 0 spiro atoms. The van der Waals surface area contributed by atoms with Gasteiger partial charge in [-0.25, -0.2) is 8.78 Å². The molecule has 98 valence electrons. The molecule has 2 nitrogen and oxygen atoms in total. The van der Waals surface area contributed by atoms with Crippen LogP contribution in [0.25, 0.3) is 0 Å². The Morgan fingerprint density at radius 2 is 1.89 bits per heavy atom. The van der Waals surface area contributed by atoms with E-state index in [0.717, 1.165) is 22.7 Å². The van der Waals surface area contributed by atoms with E-state index in [1.54, 1.807) is 18.2 Å². The van der Waals surface area contributed by atoms with Crippen LogP contribution in [-0.4, -0.2) is 5.78 Å². The monoisotopic (exact) mass is 325 g/mol. The number of anilines is 1. The van der Waals surface area contributed by atoms with Gasteiger partial charge in [0.15, 0.2) is 5.78 Å². The van der Waals surface area contributed by atoms with Crippen LogP contribution in [-0.2, 0) is 6.42 Å². The first-order valence-electron chi connectivity index (χ1n) is 5.49. The highest BCUT2D eigenvalue weighted by Gasteiger charge is 2.14. The van der Waals surface area contributed by atoms with E-state index >= 15 is 0 Å². The Kier molecular flexibility index (Phi) is 3.95. The number of carbonyl (C=O) groups excluding carboxylic acids is 1. The number of ketones is 1. The van der Waals surface area contributed by atoms with Crippen LogP contribution in [0.4, 0.5) is 14.5 Å². The van der Waals surface area contributed by atoms with E-state index < -0.39 is 11.6 Å². The molecule has 0 radical (unpaired) electrons. The molecule has 0 fully saturated rings. The first kappa shape index (κ1) is 13.7. The van der Waals surface area contributed by atoms with Crippen LogP contribution in [0.15, 0.2) is 40.9 Å². The van der Waals surface area contributed by atoms with Gasteiger partial charge in [-0.3, -0.25) is 4.79 Å². The quantitative estimate of drug-likeness (QED) is 0.690. The van der Waals surface area contributed by atoms with Gasteiger partial charge in [0.25, 0.3) is 0 Å². The SMILES string of the molecule is Nc1cc(Br)ccc1C(=O)Cc1cc(F)ccc1F. The Balaban J connectivity index is 2.28. The summed E-state index contributed by atoms with van der Waals surface area (Å²) < 4.78 is 27.2. The van der Waals surface area contributed by atoms with E-state index in [1.807, 2.05) is 0 Å². The van der Waals surface area contributed by atoms with Crippen molar-refractivity contribution in [2.75, 3.05) is 5.73 Å². The molecule has 0 aromatic heterocycles. The zero-order chi connectivity index (χ0) is 14.0. The van der Waals surface area contributed by atoms with E-state index in [0.29, 0.717) is 11.3 Å². The Morgan fingerprint density at radius 1 is 1.16 bits per heavy atom. The minimum absolute atomic E-state index is 0.0207. The van der Waals surface area contributed by atoms with Crippen molar-refractivity contribution in [2.24, 2.45) is 0 Å². The zero-order valence-corrected chi connectivity index (χ0v) is 11.4. The summed E-state index contributed by atoms with van der Waals surface area (Å²) in [6, 6.07) is 7.85. The highest BCUT2D eigenvalue weighted by Crippen LogP contribution is 2.21. The summed E-state index contributed by atoms with van der Waals surface area (Å²) in [7, 11) is 0. The van der Waals surface area contributed by atoms with Gasteiger partial charge in [0.05, 0.1) is 0 Å². The van der Waals surface area contributed by atoms with Gasteiger partial charge in [-0.2, -0.15) is 0 Å². The Labute approximate surface area is 117 Å². The fraction of sp³-hybridized carbons (Fsp3) is 0.0714. The topological polar surface area (TPSA) is 43.1 Å². The third-order valence-electron chi connectivity index (χ3n) is 2.67. The van der Waals surface area contributed by atoms with Crippen molar-refractivity contribution in [3.63, 3.8) is 0 Å². The van der Waals surface area contributed by atoms with E-state index in [-0.39, 0.29) is 17.8 Å². The summed E-state index contributed by atoms with van der Waals surface area (Å²) in [6.45, 7) is 0. The Morgan fingerprint density at radius 3 is 2.58 bits per heavy atom. The second kappa shape index (κ2) is 5.48. The molecule has 2 N–H and O–H groups in total. The summed E-state index contributed by atoms with van der Waals surface area (Å²) in [5, 5.41) is 0. The van der Waals surface area contributed by atoms with Gasteiger partial charge < -0.3 is 5.73 Å². The standard InChI is InChI=1S/C14H10BrF2NO/c15-9-1-3-11(13(18)7-9)14(19)6-8-5-10(16)2-4-12(8)17/h1-5,7H,6,18H2. The molecular weight excluding hydrogens is 316 g/mol. The maximum atomic E-state index is 13.5. The fourth-order valence-electron chi connectivity index (χ4n) is 1.73. The fourth-order valence-corrected chi connectivity index (χ4v) is 2.11. The predicted molar refractivity (Wildman–Crippen MR) is 72.9 cm³/mol. The first-order valence-corrected chi connectivity index (χ1v) is 6.29. The van der Waals surface area contributed by atoms with Gasteiger partial charge in [0, 0.05) is 22.1 Å².